The van der Waals surface area contributed by atoms with E-state index in [1.807, 2.05) is 32.0 Å². The van der Waals surface area contributed by atoms with E-state index in [0.29, 0.717) is 37.3 Å². The Kier molecular flexibility index (Phi) is 3.67. The fourth-order valence-electron chi connectivity index (χ4n) is 2.86. The molecule has 1 aliphatic carbocycles. The fourth-order valence-corrected chi connectivity index (χ4v) is 3.35. The van der Waals surface area contributed by atoms with Crippen LogP contribution in [0.3, 0.4) is 0 Å². The monoisotopic (exact) mass is 330 g/mol. The maximum absolute atomic E-state index is 12.3. The minimum Gasteiger partial charge on any atom is -0.285 e. The second kappa shape index (κ2) is 5.38. The van der Waals surface area contributed by atoms with Crippen molar-refractivity contribution in [1.29, 1.82) is 0 Å². The number of Topliss-reactive ketones (excluding diaryl/α,β-unsaturated/α-hetero) is 2. The van der Waals surface area contributed by atoms with E-state index in [0.717, 1.165) is 5.39 Å². The second-order valence-electron chi connectivity index (χ2n) is 4.77. The summed E-state index contributed by atoms with van der Waals surface area (Å²) in [6.07, 6.45) is 0. The number of carbonyl (C=O) groups is 2. The van der Waals surface area contributed by atoms with Crippen LogP contribution in [0, 0.1) is 0 Å². The van der Waals surface area contributed by atoms with Crippen LogP contribution in [0.15, 0.2) is 36.4 Å². The summed E-state index contributed by atoms with van der Waals surface area (Å²) in [4.78, 5) is 24.4. The maximum atomic E-state index is 12.3. The Balaban J connectivity index is 0.000000693. The van der Waals surface area contributed by atoms with E-state index in [1.165, 1.54) is 0 Å². The standard InChI is InChI=1S/C16H6Cl2O2.C2H6/c17-10-5-4-8-13-9(10)6-7-2-1-3-11(18)12(7)14(13)16(20)15(8)19;1-2/h1-6H;1-2H3. The molecule has 0 spiro atoms. The van der Waals surface area contributed by atoms with Crippen LogP contribution in [0.1, 0.15) is 34.6 Å². The molecule has 0 saturated heterocycles. The van der Waals surface area contributed by atoms with Gasteiger partial charge in [0.1, 0.15) is 0 Å². The van der Waals surface area contributed by atoms with Crippen LogP contribution in [0.25, 0.3) is 21.5 Å². The van der Waals surface area contributed by atoms with Crippen LogP contribution >= 0.6 is 23.2 Å². The largest absolute Gasteiger partial charge is 0.285 e. The lowest BCUT2D eigenvalue weighted by Gasteiger charge is -2.08. The molecule has 3 aromatic rings. The molecule has 0 bridgehead atoms. The fraction of sp³-hybridized carbons (Fsp3) is 0.111. The van der Waals surface area contributed by atoms with Crippen molar-refractivity contribution in [2.75, 3.05) is 0 Å². The molecular formula is C18H12Cl2O2. The summed E-state index contributed by atoms with van der Waals surface area (Å²) in [6.45, 7) is 4.00. The van der Waals surface area contributed by atoms with Crippen LogP contribution in [-0.4, -0.2) is 11.6 Å². The van der Waals surface area contributed by atoms with Gasteiger partial charge in [-0.05, 0) is 29.7 Å². The summed E-state index contributed by atoms with van der Waals surface area (Å²) in [5.41, 5.74) is 0.789. The third-order valence-electron chi connectivity index (χ3n) is 3.72. The minimum absolute atomic E-state index is 0.380. The van der Waals surface area contributed by atoms with Crippen LogP contribution in [0.5, 0.6) is 0 Å². The molecule has 110 valence electrons. The van der Waals surface area contributed by atoms with Gasteiger partial charge in [0.2, 0.25) is 11.6 Å². The van der Waals surface area contributed by atoms with Gasteiger partial charge in [0.05, 0.1) is 0 Å². The van der Waals surface area contributed by atoms with Crippen molar-refractivity contribution in [3.8, 4) is 0 Å². The Morgan fingerprint density at radius 1 is 0.818 bits per heavy atom. The van der Waals surface area contributed by atoms with Gasteiger partial charge in [-0.1, -0.05) is 49.2 Å². The van der Waals surface area contributed by atoms with Crippen molar-refractivity contribution in [3.63, 3.8) is 0 Å². The van der Waals surface area contributed by atoms with Crippen molar-refractivity contribution < 1.29 is 9.59 Å². The van der Waals surface area contributed by atoms with Crippen molar-refractivity contribution in [2.24, 2.45) is 0 Å². The smallest absolute Gasteiger partial charge is 0.234 e. The first-order valence-corrected chi connectivity index (χ1v) is 7.77. The van der Waals surface area contributed by atoms with Gasteiger partial charge in [0.15, 0.2) is 0 Å². The molecule has 0 aliphatic heterocycles. The average molecular weight is 331 g/mol. The van der Waals surface area contributed by atoms with Crippen LogP contribution in [0.4, 0.5) is 0 Å². The molecule has 2 nitrogen and oxygen atoms in total. The van der Waals surface area contributed by atoms with Crippen molar-refractivity contribution in [3.05, 3.63) is 57.6 Å². The maximum Gasteiger partial charge on any atom is 0.234 e. The zero-order valence-corrected chi connectivity index (χ0v) is 13.5. The van der Waals surface area contributed by atoms with E-state index in [-0.39, 0.29) is 0 Å². The number of rotatable bonds is 0. The third kappa shape index (κ3) is 1.88. The van der Waals surface area contributed by atoms with Gasteiger partial charge in [0.25, 0.3) is 0 Å². The predicted molar refractivity (Wildman–Crippen MR) is 91.5 cm³/mol. The zero-order chi connectivity index (χ0) is 16.0. The molecule has 0 amide bonds. The van der Waals surface area contributed by atoms with Gasteiger partial charge in [-0.3, -0.25) is 9.59 Å². The molecule has 0 aromatic heterocycles. The Bertz CT molecular complexity index is 958. The van der Waals surface area contributed by atoms with Gasteiger partial charge >= 0.3 is 0 Å². The molecule has 0 fully saturated rings. The zero-order valence-electron chi connectivity index (χ0n) is 12.0. The molecule has 0 atom stereocenters. The van der Waals surface area contributed by atoms with E-state index < -0.39 is 11.6 Å². The molecule has 0 saturated carbocycles. The lowest BCUT2D eigenvalue weighted by molar-refractivity contribution is 0.0826. The van der Waals surface area contributed by atoms with Gasteiger partial charge in [-0.25, -0.2) is 0 Å². The number of hydrogen-bond donors (Lipinski definition) is 0. The SMILES string of the molecule is CC.O=C1C(=O)c2c3c(Cl)cccc3cc3c(Cl)ccc1c23. The first kappa shape index (κ1) is 15.0. The Morgan fingerprint density at radius 3 is 2.27 bits per heavy atom. The molecule has 3 aromatic carbocycles. The summed E-state index contributed by atoms with van der Waals surface area (Å²) in [7, 11) is 0. The van der Waals surface area contributed by atoms with Gasteiger partial charge in [-0.15, -0.1) is 0 Å². The van der Waals surface area contributed by atoms with E-state index >= 15 is 0 Å². The highest BCUT2D eigenvalue weighted by Gasteiger charge is 2.33. The number of hydrogen-bond acceptors (Lipinski definition) is 2. The van der Waals surface area contributed by atoms with E-state index in [4.69, 9.17) is 23.2 Å². The van der Waals surface area contributed by atoms with Crippen molar-refractivity contribution in [1.82, 2.24) is 0 Å². The Hall–Kier alpha value is -1.90. The summed E-state index contributed by atoms with van der Waals surface area (Å²) < 4.78 is 0. The second-order valence-corrected chi connectivity index (χ2v) is 5.58. The number of fused-ring (bicyclic) bond motifs is 2. The van der Waals surface area contributed by atoms with E-state index in [2.05, 4.69) is 0 Å². The Morgan fingerprint density at radius 2 is 1.55 bits per heavy atom. The van der Waals surface area contributed by atoms with Crippen LogP contribution in [0.2, 0.25) is 10.0 Å². The summed E-state index contributed by atoms with van der Waals surface area (Å²) in [6, 6.07) is 10.5. The van der Waals surface area contributed by atoms with Crippen molar-refractivity contribution in [2.45, 2.75) is 13.8 Å². The van der Waals surface area contributed by atoms with Gasteiger partial charge < -0.3 is 0 Å². The molecule has 1 aliphatic rings. The highest BCUT2D eigenvalue weighted by atomic mass is 35.5. The highest BCUT2D eigenvalue weighted by Crippen LogP contribution is 2.41. The number of carbonyl (C=O) groups excluding carboxylic acids is 2. The number of ketones is 2. The molecule has 22 heavy (non-hydrogen) atoms. The predicted octanol–water partition coefficient (Wildman–Crippen LogP) is 5.71. The van der Waals surface area contributed by atoms with Gasteiger partial charge in [-0.2, -0.15) is 0 Å². The van der Waals surface area contributed by atoms with Crippen LogP contribution in [-0.2, 0) is 0 Å². The highest BCUT2D eigenvalue weighted by molar-refractivity contribution is 6.60. The summed E-state index contributed by atoms with van der Waals surface area (Å²) >= 11 is 12.4. The normalized spacial score (nSPS) is 12.7. The number of benzene rings is 3. The quantitative estimate of drug-likeness (QED) is 0.391. The van der Waals surface area contributed by atoms with Crippen LogP contribution < -0.4 is 0 Å². The average Bonchev–Trinajstić information content (AvgIpc) is 2.79. The summed E-state index contributed by atoms with van der Waals surface area (Å²) in [5.74, 6) is -1.000. The topological polar surface area (TPSA) is 34.1 Å². The first-order chi connectivity index (χ1) is 10.6. The molecule has 0 heterocycles. The summed E-state index contributed by atoms with van der Waals surface area (Å²) in [5, 5.41) is 3.76. The van der Waals surface area contributed by atoms with Gasteiger partial charge in [0, 0.05) is 37.3 Å². The Labute approximate surface area is 137 Å². The first-order valence-electron chi connectivity index (χ1n) is 7.02. The third-order valence-corrected chi connectivity index (χ3v) is 4.36. The minimum atomic E-state index is -0.508. The van der Waals surface area contributed by atoms with E-state index in [1.54, 1.807) is 18.2 Å². The molecule has 4 heteroatoms. The van der Waals surface area contributed by atoms with Crippen molar-refractivity contribution >= 4 is 56.3 Å². The molecule has 4 rings (SSSR count). The number of halogens is 2. The lowest BCUT2D eigenvalue weighted by Crippen LogP contribution is -2.06. The molecule has 0 unspecified atom stereocenters. The lowest BCUT2D eigenvalue weighted by atomic mass is 9.97. The van der Waals surface area contributed by atoms with E-state index in [9.17, 15) is 9.59 Å². The molecule has 0 N–H and O–H groups in total. The molecular weight excluding hydrogens is 319 g/mol. The molecule has 0 radical (unpaired) electrons.